The Labute approximate surface area is 103 Å². The molecule has 0 saturated heterocycles. The number of aromatic nitrogens is 1. The lowest BCUT2D eigenvalue weighted by atomic mass is 10.0. The van der Waals surface area contributed by atoms with Crippen molar-refractivity contribution in [2.24, 2.45) is 0 Å². The lowest BCUT2D eigenvalue weighted by molar-refractivity contribution is 0.598. The Hall–Kier alpha value is -1.67. The van der Waals surface area contributed by atoms with Crippen molar-refractivity contribution in [3.8, 4) is 11.1 Å². The van der Waals surface area contributed by atoms with E-state index in [9.17, 15) is 0 Å². The van der Waals surface area contributed by atoms with E-state index in [0.29, 0.717) is 6.04 Å². The van der Waals surface area contributed by atoms with Gasteiger partial charge < -0.3 is 5.32 Å². The fourth-order valence-corrected chi connectivity index (χ4v) is 1.93. The molecule has 2 aromatic rings. The van der Waals surface area contributed by atoms with E-state index >= 15 is 0 Å². The smallest absolute Gasteiger partial charge is 0.0291 e. The predicted molar refractivity (Wildman–Crippen MR) is 71.8 cm³/mol. The standard InChI is InChI=1S/C15H18N2/c1-3-17-12(2)13-4-6-14(7-5-13)15-8-10-16-11-9-15/h4-12,17H,3H2,1-2H3. The first-order chi connectivity index (χ1) is 8.31. The maximum absolute atomic E-state index is 4.03. The highest BCUT2D eigenvalue weighted by Crippen LogP contribution is 2.21. The van der Waals surface area contributed by atoms with Crippen molar-refractivity contribution in [1.82, 2.24) is 10.3 Å². The van der Waals surface area contributed by atoms with Gasteiger partial charge in [0.25, 0.3) is 0 Å². The molecular weight excluding hydrogens is 208 g/mol. The van der Waals surface area contributed by atoms with Crippen molar-refractivity contribution in [3.63, 3.8) is 0 Å². The van der Waals surface area contributed by atoms with Crippen LogP contribution >= 0.6 is 0 Å². The molecule has 1 aromatic heterocycles. The second kappa shape index (κ2) is 5.60. The molecule has 0 aliphatic rings. The van der Waals surface area contributed by atoms with Crippen molar-refractivity contribution in [3.05, 3.63) is 54.4 Å². The largest absolute Gasteiger partial charge is 0.310 e. The summed E-state index contributed by atoms with van der Waals surface area (Å²) < 4.78 is 0. The summed E-state index contributed by atoms with van der Waals surface area (Å²) in [5.41, 5.74) is 3.77. The van der Waals surface area contributed by atoms with Gasteiger partial charge in [0.05, 0.1) is 0 Å². The van der Waals surface area contributed by atoms with Crippen LogP contribution in [0.5, 0.6) is 0 Å². The minimum absolute atomic E-state index is 0.409. The molecule has 0 fully saturated rings. The zero-order valence-electron chi connectivity index (χ0n) is 10.4. The van der Waals surface area contributed by atoms with Crippen LogP contribution in [0.4, 0.5) is 0 Å². The van der Waals surface area contributed by atoms with Crippen LogP contribution in [-0.2, 0) is 0 Å². The van der Waals surface area contributed by atoms with Crippen LogP contribution in [0.1, 0.15) is 25.5 Å². The number of benzene rings is 1. The monoisotopic (exact) mass is 226 g/mol. The Morgan fingerprint density at radius 2 is 1.59 bits per heavy atom. The van der Waals surface area contributed by atoms with Gasteiger partial charge in [-0.2, -0.15) is 0 Å². The highest BCUT2D eigenvalue weighted by molar-refractivity contribution is 5.62. The Balaban J connectivity index is 2.19. The van der Waals surface area contributed by atoms with Crippen molar-refractivity contribution in [1.29, 1.82) is 0 Å². The fraction of sp³-hybridized carbons (Fsp3) is 0.267. The molecule has 0 bridgehead atoms. The summed E-state index contributed by atoms with van der Waals surface area (Å²) in [6, 6.07) is 13.2. The topological polar surface area (TPSA) is 24.9 Å². The van der Waals surface area contributed by atoms with Gasteiger partial charge in [0, 0.05) is 18.4 Å². The van der Waals surface area contributed by atoms with E-state index in [-0.39, 0.29) is 0 Å². The lowest BCUT2D eigenvalue weighted by Crippen LogP contribution is -2.17. The summed E-state index contributed by atoms with van der Waals surface area (Å²) in [5.74, 6) is 0. The first-order valence-electron chi connectivity index (χ1n) is 6.05. The van der Waals surface area contributed by atoms with E-state index < -0.39 is 0 Å². The molecule has 2 nitrogen and oxygen atoms in total. The Morgan fingerprint density at radius 3 is 2.18 bits per heavy atom. The number of hydrogen-bond donors (Lipinski definition) is 1. The number of nitrogens with zero attached hydrogens (tertiary/aromatic N) is 1. The number of rotatable bonds is 4. The average Bonchev–Trinajstić information content (AvgIpc) is 2.40. The third-order valence-corrected chi connectivity index (χ3v) is 2.93. The summed E-state index contributed by atoms with van der Waals surface area (Å²) in [6.45, 7) is 5.31. The molecular formula is C15H18N2. The molecule has 0 aliphatic carbocycles. The Bertz CT molecular complexity index is 448. The molecule has 1 atom stereocenters. The normalized spacial score (nSPS) is 12.4. The fourth-order valence-electron chi connectivity index (χ4n) is 1.93. The molecule has 0 aliphatic heterocycles. The second-order valence-electron chi connectivity index (χ2n) is 4.14. The maximum Gasteiger partial charge on any atom is 0.0291 e. The van der Waals surface area contributed by atoms with E-state index in [1.165, 1.54) is 16.7 Å². The predicted octanol–water partition coefficient (Wildman–Crippen LogP) is 3.42. The molecule has 0 spiro atoms. The van der Waals surface area contributed by atoms with E-state index in [4.69, 9.17) is 0 Å². The van der Waals surface area contributed by atoms with Gasteiger partial charge in [-0.3, -0.25) is 4.98 Å². The molecule has 1 unspecified atom stereocenters. The molecule has 0 radical (unpaired) electrons. The molecule has 2 rings (SSSR count). The van der Waals surface area contributed by atoms with Crippen molar-refractivity contribution < 1.29 is 0 Å². The zero-order chi connectivity index (χ0) is 12.1. The van der Waals surface area contributed by atoms with Crippen molar-refractivity contribution >= 4 is 0 Å². The van der Waals surface area contributed by atoms with Gasteiger partial charge in [0.2, 0.25) is 0 Å². The van der Waals surface area contributed by atoms with E-state index in [0.717, 1.165) is 6.54 Å². The van der Waals surface area contributed by atoms with Crippen LogP contribution < -0.4 is 5.32 Å². The van der Waals surface area contributed by atoms with Gasteiger partial charge in [-0.15, -0.1) is 0 Å². The van der Waals surface area contributed by atoms with Gasteiger partial charge in [0.15, 0.2) is 0 Å². The molecule has 88 valence electrons. The van der Waals surface area contributed by atoms with Gasteiger partial charge in [-0.1, -0.05) is 31.2 Å². The van der Waals surface area contributed by atoms with Gasteiger partial charge >= 0.3 is 0 Å². The first-order valence-corrected chi connectivity index (χ1v) is 6.05. The minimum atomic E-state index is 0.409. The summed E-state index contributed by atoms with van der Waals surface area (Å²) in [6.07, 6.45) is 3.65. The first kappa shape index (κ1) is 11.8. The van der Waals surface area contributed by atoms with Crippen LogP contribution in [0.3, 0.4) is 0 Å². The Morgan fingerprint density at radius 1 is 1.00 bits per heavy atom. The van der Waals surface area contributed by atoms with Crippen LogP contribution in [0.25, 0.3) is 11.1 Å². The van der Waals surface area contributed by atoms with Gasteiger partial charge in [-0.05, 0) is 42.3 Å². The molecule has 0 amide bonds. The minimum Gasteiger partial charge on any atom is -0.310 e. The third kappa shape index (κ3) is 2.92. The molecule has 0 saturated carbocycles. The van der Waals surface area contributed by atoms with E-state index in [2.05, 4.69) is 48.4 Å². The quantitative estimate of drug-likeness (QED) is 0.864. The van der Waals surface area contributed by atoms with Crippen LogP contribution in [0.2, 0.25) is 0 Å². The zero-order valence-corrected chi connectivity index (χ0v) is 10.4. The highest BCUT2D eigenvalue weighted by Gasteiger charge is 2.03. The van der Waals surface area contributed by atoms with Crippen LogP contribution in [0, 0.1) is 0 Å². The van der Waals surface area contributed by atoms with Crippen LogP contribution in [0.15, 0.2) is 48.8 Å². The molecule has 1 aromatic carbocycles. The maximum atomic E-state index is 4.03. The van der Waals surface area contributed by atoms with Crippen molar-refractivity contribution in [2.75, 3.05) is 6.54 Å². The summed E-state index contributed by atoms with van der Waals surface area (Å²) in [5, 5.41) is 3.41. The summed E-state index contributed by atoms with van der Waals surface area (Å²) in [4.78, 5) is 4.03. The SMILES string of the molecule is CCNC(C)c1ccc(-c2ccncc2)cc1. The third-order valence-electron chi connectivity index (χ3n) is 2.93. The van der Waals surface area contributed by atoms with E-state index in [1.54, 1.807) is 0 Å². The van der Waals surface area contributed by atoms with Gasteiger partial charge in [-0.25, -0.2) is 0 Å². The number of pyridine rings is 1. The lowest BCUT2D eigenvalue weighted by Gasteiger charge is -2.13. The summed E-state index contributed by atoms with van der Waals surface area (Å²) >= 11 is 0. The Kier molecular flexibility index (Phi) is 3.89. The van der Waals surface area contributed by atoms with Crippen LogP contribution in [-0.4, -0.2) is 11.5 Å². The number of hydrogen-bond acceptors (Lipinski definition) is 2. The highest BCUT2D eigenvalue weighted by atomic mass is 14.9. The molecule has 17 heavy (non-hydrogen) atoms. The summed E-state index contributed by atoms with van der Waals surface area (Å²) in [7, 11) is 0. The number of nitrogens with one attached hydrogen (secondary N) is 1. The van der Waals surface area contributed by atoms with Crippen molar-refractivity contribution in [2.45, 2.75) is 19.9 Å². The van der Waals surface area contributed by atoms with E-state index in [1.807, 2.05) is 24.5 Å². The molecule has 1 N–H and O–H groups in total. The van der Waals surface area contributed by atoms with Gasteiger partial charge in [0.1, 0.15) is 0 Å². The molecule has 1 heterocycles. The molecule has 2 heteroatoms. The average molecular weight is 226 g/mol. The second-order valence-corrected chi connectivity index (χ2v) is 4.14.